The van der Waals surface area contributed by atoms with Crippen molar-refractivity contribution in [1.29, 1.82) is 0 Å². The Balaban J connectivity index is 1.66. The Morgan fingerprint density at radius 1 is 1.26 bits per heavy atom. The Hall–Kier alpha value is -2.85. The van der Waals surface area contributed by atoms with E-state index in [9.17, 15) is 10.1 Å². The number of morpholine rings is 1. The van der Waals surface area contributed by atoms with E-state index >= 15 is 0 Å². The predicted molar refractivity (Wildman–Crippen MR) is 99.2 cm³/mol. The monoisotopic (exact) mass is 431 g/mol. The Morgan fingerprint density at radius 3 is 2.81 bits per heavy atom. The smallest absolute Gasteiger partial charge is 0.288 e. The Kier molecular flexibility index (Phi) is 4.82. The van der Waals surface area contributed by atoms with Gasteiger partial charge >= 0.3 is 0 Å². The molecule has 4 rings (SSSR count). The molecule has 0 saturated carbocycles. The van der Waals surface area contributed by atoms with Crippen molar-refractivity contribution in [2.45, 2.75) is 6.04 Å². The first-order chi connectivity index (χ1) is 13.1. The second-order valence-electron chi connectivity index (χ2n) is 5.85. The van der Waals surface area contributed by atoms with Crippen LogP contribution in [0.3, 0.4) is 0 Å². The van der Waals surface area contributed by atoms with Gasteiger partial charge in [0.1, 0.15) is 18.1 Å². The minimum Gasteiger partial charge on any atom is -0.418 e. The van der Waals surface area contributed by atoms with Gasteiger partial charge in [0.25, 0.3) is 5.69 Å². The summed E-state index contributed by atoms with van der Waals surface area (Å²) < 4.78 is 12.0. The number of benzene rings is 1. The SMILES string of the molecule is O=[N+]([O-])c1cnc(N2CCOCC2c2nnc(-c3ccccc3)o2)c(Br)c1. The molecule has 9 nitrogen and oxygen atoms in total. The molecular weight excluding hydrogens is 418 g/mol. The molecule has 1 aliphatic rings. The summed E-state index contributed by atoms with van der Waals surface area (Å²) in [4.78, 5) is 16.7. The number of pyridine rings is 1. The molecule has 3 heterocycles. The fourth-order valence-corrected chi connectivity index (χ4v) is 3.42. The third kappa shape index (κ3) is 3.53. The van der Waals surface area contributed by atoms with Crippen LogP contribution >= 0.6 is 15.9 Å². The first-order valence-electron chi connectivity index (χ1n) is 8.16. The molecule has 0 aliphatic carbocycles. The summed E-state index contributed by atoms with van der Waals surface area (Å²) in [5.74, 6) is 1.39. The van der Waals surface area contributed by atoms with Crippen molar-refractivity contribution in [2.24, 2.45) is 0 Å². The van der Waals surface area contributed by atoms with Crippen molar-refractivity contribution < 1.29 is 14.1 Å². The number of hydrogen-bond donors (Lipinski definition) is 0. The number of halogens is 1. The largest absolute Gasteiger partial charge is 0.418 e. The van der Waals surface area contributed by atoms with Crippen LogP contribution in [0, 0.1) is 10.1 Å². The van der Waals surface area contributed by atoms with Crippen molar-refractivity contribution in [3.63, 3.8) is 0 Å². The van der Waals surface area contributed by atoms with Crippen LogP contribution in [0.4, 0.5) is 11.5 Å². The van der Waals surface area contributed by atoms with E-state index in [2.05, 4.69) is 31.1 Å². The van der Waals surface area contributed by atoms with Gasteiger partial charge < -0.3 is 14.1 Å². The van der Waals surface area contributed by atoms with Gasteiger partial charge in [-0.25, -0.2) is 4.98 Å². The quantitative estimate of drug-likeness (QED) is 0.456. The summed E-state index contributed by atoms with van der Waals surface area (Å²) in [6, 6.07) is 10.6. The topological polar surface area (TPSA) is 107 Å². The van der Waals surface area contributed by atoms with Crippen molar-refractivity contribution in [1.82, 2.24) is 15.2 Å². The van der Waals surface area contributed by atoms with Crippen LogP contribution in [0.5, 0.6) is 0 Å². The van der Waals surface area contributed by atoms with Crippen molar-refractivity contribution >= 4 is 27.4 Å². The molecule has 10 heteroatoms. The fraction of sp³-hybridized carbons (Fsp3) is 0.235. The molecule has 138 valence electrons. The molecular formula is C17H14BrN5O4. The van der Waals surface area contributed by atoms with Crippen molar-refractivity contribution in [3.8, 4) is 11.5 Å². The predicted octanol–water partition coefficient (Wildman–Crippen LogP) is 3.38. The van der Waals surface area contributed by atoms with Crippen LogP contribution in [-0.2, 0) is 4.74 Å². The first-order valence-corrected chi connectivity index (χ1v) is 8.96. The molecule has 1 aromatic carbocycles. The zero-order valence-electron chi connectivity index (χ0n) is 14.0. The average Bonchev–Trinajstić information content (AvgIpc) is 3.19. The van der Waals surface area contributed by atoms with Crippen LogP contribution in [0.2, 0.25) is 0 Å². The number of hydrogen-bond acceptors (Lipinski definition) is 8. The van der Waals surface area contributed by atoms with Gasteiger partial charge in [-0.3, -0.25) is 10.1 Å². The number of anilines is 1. The van der Waals surface area contributed by atoms with E-state index in [1.54, 1.807) is 0 Å². The molecule has 1 fully saturated rings. The van der Waals surface area contributed by atoms with Gasteiger partial charge in [0, 0.05) is 18.2 Å². The van der Waals surface area contributed by atoms with E-state index in [1.807, 2.05) is 35.2 Å². The summed E-state index contributed by atoms with van der Waals surface area (Å²) in [6.07, 6.45) is 1.23. The zero-order valence-corrected chi connectivity index (χ0v) is 15.6. The second kappa shape index (κ2) is 7.41. The number of aromatic nitrogens is 3. The van der Waals surface area contributed by atoms with Crippen LogP contribution in [-0.4, -0.2) is 39.9 Å². The van der Waals surface area contributed by atoms with Crippen LogP contribution < -0.4 is 4.90 Å². The van der Waals surface area contributed by atoms with E-state index in [4.69, 9.17) is 9.15 Å². The summed E-state index contributed by atoms with van der Waals surface area (Å²) in [5, 5.41) is 19.2. The number of rotatable bonds is 4. The summed E-state index contributed by atoms with van der Waals surface area (Å²) in [6.45, 7) is 1.39. The maximum Gasteiger partial charge on any atom is 0.288 e. The molecule has 0 bridgehead atoms. The lowest BCUT2D eigenvalue weighted by Gasteiger charge is -2.34. The maximum absolute atomic E-state index is 10.9. The summed E-state index contributed by atoms with van der Waals surface area (Å²) in [5.41, 5.74) is 0.744. The van der Waals surface area contributed by atoms with Gasteiger partial charge in [-0.1, -0.05) is 18.2 Å². The highest BCUT2D eigenvalue weighted by atomic mass is 79.9. The molecule has 0 spiro atoms. The first kappa shape index (κ1) is 17.6. The van der Waals surface area contributed by atoms with Crippen LogP contribution in [0.1, 0.15) is 11.9 Å². The highest BCUT2D eigenvalue weighted by Gasteiger charge is 2.32. The molecule has 1 aliphatic heterocycles. The Bertz CT molecular complexity index is 965. The van der Waals surface area contributed by atoms with E-state index in [0.717, 1.165) is 5.56 Å². The molecule has 2 aromatic heterocycles. The molecule has 1 saturated heterocycles. The molecule has 3 aromatic rings. The van der Waals surface area contributed by atoms with Gasteiger partial charge in [-0.2, -0.15) is 0 Å². The highest BCUT2D eigenvalue weighted by Crippen LogP contribution is 2.35. The van der Waals surface area contributed by atoms with E-state index in [1.165, 1.54) is 12.3 Å². The Morgan fingerprint density at radius 2 is 2.07 bits per heavy atom. The van der Waals surface area contributed by atoms with Crippen LogP contribution in [0.15, 0.2) is 51.5 Å². The maximum atomic E-state index is 10.9. The second-order valence-corrected chi connectivity index (χ2v) is 6.71. The lowest BCUT2D eigenvalue weighted by atomic mass is 10.2. The van der Waals surface area contributed by atoms with E-state index < -0.39 is 4.92 Å². The lowest BCUT2D eigenvalue weighted by Crippen LogP contribution is -2.40. The van der Waals surface area contributed by atoms with Gasteiger partial charge in [0.05, 0.1) is 22.6 Å². The van der Waals surface area contributed by atoms with E-state index in [-0.39, 0.29) is 11.7 Å². The summed E-state index contributed by atoms with van der Waals surface area (Å²) >= 11 is 3.38. The zero-order chi connectivity index (χ0) is 18.8. The van der Waals surface area contributed by atoms with Gasteiger partial charge in [0.2, 0.25) is 11.8 Å². The van der Waals surface area contributed by atoms with Gasteiger partial charge in [0.15, 0.2) is 0 Å². The molecule has 1 unspecified atom stereocenters. The minimum absolute atomic E-state index is 0.0837. The fourth-order valence-electron chi connectivity index (χ4n) is 2.86. The molecule has 0 amide bonds. The summed E-state index contributed by atoms with van der Waals surface area (Å²) in [7, 11) is 0. The Labute approximate surface area is 162 Å². The van der Waals surface area contributed by atoms with Crippen molar-refractivity contribution in [3.05, 3.63) is 63.1 Å². The van der Waals surface area contributed by atoms with Gasteiger partial charge in [-0.05, 0) is 28.1 Å². The van der Waals surface area contributed by atoms with Crippen molar-refractivity contribution in [2.75, 3.05) is 24.7 Å². The minimum atomic E-state index is -0.484. The molecule has 1 atom stereocenters. The third-order valence-electron chi connectivity index (χ3n) is 4.17. The molecule has 0 radical (unpaired) electrons. The standard InChI is InChI=1S/C17H14BrN5O4/c18-13-8-12(23(24)25)9-19-15(13)22-6-7-26-10-14(22)17-21-20-16(27-17)11-4-2-1-3-5-11/h1-5,8-9,14H,6-7,10H2. The molecule has 27 heavy (non-hydrogen) atoms. The van der Waals surface area contributed by atoms with Gasteiger partial charge in [-0.15, -0.1) is 10.2 Å². The number of ether oxygens (including phenoxy) is 1. The number of nitro groups is 1. The third-order valence-corrected chi connectivity index (χ3v) is 4.75. The lowest BCUT2D eigenvalue weighted by molar-refractivity contribution is -0.385. The average molecular weight is 432 g/mol. The highest BCUT2D eigenvalue weighted by molar-refractivity contribution is 9.10. The normalized spacial score (nSPS) is 17.1. The van der Waals surface area contributed by atoms with Crippen LogP contribution in [0.25, 0.3) is 11.5 Å². The van der Waals surface area contributed by atoms with E-state index in [0.29, 0.717) is 41.8 Å². The number of nitrogens with zero attached hydrogens (tertiary/aromatic N) is 5. The molecule has 0 N–H and O–H groups in total.